The molecule has 3 rings (SSSR count). The summed E-state index contributed by atoms with van der Waals surface area (Å²) in [5.41, 5.74) is 2.05. The first kappa shape index (κ1) is 23.1. The van der Waals surface area contributed by atoms with E-state index in [1.54, 1.807) is 37.6 Å². The lowest BCUT2D eigenvalue weighted by molar-refractivity contribution is -0.137. The van der Waals surface area contributed by atoms with Gasteiger partial charge in [0, 0.05) is 29.7 Å². The summed E-state index contributed by atoms with van der Waals surface area (Å²) in [6.07, 6.45) is -0.993. The molecule has 0 aliphatic heterocycles. The van der Waals surface area contributed by atoms with Crippen LogP contribution in [0.3, 0.4) is 0 Å². The van der Waals surface area contributed by atoms with E-state index in [4.69, 9.17) is 4.74 Å². The van der Waals surface area contributed by atoms with E-state index in [0.29, 0.717) is 23.7 Å². The van der Waals surface area contributed by atoms with Gasteiger partial charge >= 0.3 is 6.18 Å². The molecule has 2 aromatic carbocycles. The molecule has 8 heteroatoms. The fraction of sp³-hybridized carbons (Fsp3) is 0.250. The third kappa shape index (κ3) is 5.78. The molecule has 2 N–H and O–H groups in total. The topological polar surface area (TPSA) is 63.2 Å². The van der Waals surface area contributed by atoms with E-state index < -0.39 is 17.6 Å². The van der Waals surface area contributed by atoms with Crippen molar-refractivity contribution in [3.05, 3.63) is 83.0 Å². The predicted molar refractivity (Wildman–Crippen MR) is 118 cm³/mol. The Labute approximate surface area is 184 Å². The lowest BCUT2D eigenvalue weighted by Crippen LogP contribution is -2.15. The van der Waals surface area contributed by atoms with Crippen molar-refractivity contribution in [3.63, 3.8) is 0 Å². The molecule has 0 bridgehead atoms. The van der Waals surface area contributed by atoms with Gasteiger partial charge in [-0.15, -0.1) is 0 Å². The van der Waals surface area contributed by atoms with Gasteiger partial charge in [-0.2, -0.15) is 13.2 Å². The minimum absolute atomic E-state index is 0.0724. The van der Waals surface area contributed by atoms with E-state index in [1.807, 2.05) is 6.07 Å². The highest BCUT2D eigenvalue weighted by Gasteiger charge is 2.30. The molecule has 3 aromatic rings. The highest BCUT2D eigenvalue weighted by molar-refractivity contribution is 6.08. The average molecular weight is 443 g/mol. The van der Waals surface area contributed by atoms with Crippen LogP contribution in [0.15, 0.2) is 60.8 Å². The fourth-order valence-electron chi connectivity index (χ4n) is 3.28. The van der Waals surface area contributed by atoms with Gasteiger partial charge in [0.1, 0.15) is 0 Å². The minimum atomic E-state index is -4.48. The Kier molecular flexibility index (Phi) is 7.35. The molecule has 0 aliphatic carbocycles. The maximum absolute atomic E-state index is 12.9. The van der Waals surface area contributed by atoms with Crippen molar-refractivity contribution in [1.82, 2.24) is 4.98 Å². The number of aryl methyl sites for hydroxylation is 1. The van der Waals surface area contributed by atoms with Crippen molar-refractivity contribution in [3.8, 4) is 5.88 Å². The largest absolute Gasteiger partial charge is 0.481 e. The van der Waals surface area contributed by atoms with Gasteiger partial charge in [-0.1, -0.05) is 31.5 Å². The Bertz CT molecular complexity index is 1080. The van der Waals surface area contributed by atoms with Crippen LogP contribution in [0.5, 0.6) is 5.88 Å². The molecule has 1 amide bonds. The van der Waals surface area contributed by atoms with Crippen LogP contribution >= 0.6 is 0 Å². The van der Waals surface area contributed by atoms with Crippen molar-refractivity contribution in [2.45, 2.75) is 32.5 Å². The van der Waals surface area contributed by atoms with Crippen LogP contribution in [0.4, 0.5) is 24.5 Å². The molecular formula is C24H24F3N3O2. The highest BCUT2D eigenvalue weighted by atomic mass is 19.4. The summed E-state index contributed by atoms with van der Waals surface area (Å²) in [5.74, 6) is 0.0865. The molecule has 0 radical (unpaired) electrons. The van der Waals surface area contributed by atoms with Crippen LogP contribution in [0.25, 0.3) is 0 Å². The number of carbonyl (C=O) groups excluding carboxylic acids is 1. The van der Waals surface area contributed by atoms with Crippen LogP contribution in [-0.2, 0) is 19.1 Å². The number of benzene rings is 2. The molecule has 0 aliphatic rings. The number of ether oxygens (including phenoxy) is 1. The summed E-state index contributed by atoms with van der Waals surface area (Å²) in [6.45, 7) is 2.49. The van der Waals surface area contributed by atoms with Crippen LogP contribution in [0.2, 0.25) is 0 Å². The summed E-state index contributed by atoms with van der Waals surface area (Å²) < 4.78 is 44.1. The van der Waals surface area contributed by atoms with E-state index in [-0.39, 0.29) is 5.69 Å². The number of rotatable bonds is 8. The molecule has 0 saturated carbocycles. The summed E-state index contributed by atoms with van der Waals surface area (Å²) in [7, 11) is 1.58. The number of pyridine rings is 1. The van der Waals surface area contributed by atoms with Crippen molar-refractivity contribution < 1.29 is 22.7 Å². The van der Waals surface area contributed by atoms with E-state index in [9.17, 15) is 18.0 Å². The minimum Gasteiger partial charge on any atom is -0.481 e. The Morgan fingerprint density at radius 3 is 2.59 bits per heavy atom. The molecule has 0 saturated heterocycles. The number of carbonyl (C=O) groups is 1. The monoisotopic (exact) mass is 443 g/mol. The molecule has 0 spiro atoms. The summed E-state index contributed by atoms with van der Waals surface area (Å²) >= 11 is 0. The third-order valence-corrected chi connectivity index (χ3v) is 4.80. The molecule has 0 fully saturated rings. The zero-order chi connectivity index (χ0) is 23.1. The molecule has 0 atom stereocenters. The zero-order valence-corrected chi connectivity index (χ0v) is 17.8. The highest BCUT2D eigenvalue weighted by Crippen LogP contribution is 2.31. The SMILES string of the molecule is CCCc1cc(CNc2ccccc2C(=O)Nc2cccc(C(F)(F)F)c2)cnc1OC. The van der Waals surface area contributed by atoms with Crippen molar-refractivity contribution in [2.24, 2.45) is 0 Å². The summed E-state index contributed by atoms with van der Waals surface area (Å²) in [4.78, 5) is 17.1. The number of nitrogens with zero attached hydrogens (tertiary/aromatic N) is 1. The number of halogens is 3. The van der Waals surface area contributed by atoms with E-state index in [1.165, 1.54) is 12.1 Å². The first-order valence-electron chi connectivity index (χ1n) is 10.1. The smallest absolute Gasteiger partial charge is 0.416 e. The van der Waals surface area contributed by atoms with Gasteiger partial charge in [-0.3, -0.25) is 4.79 Å². The molecule has 32 heavy (non-hydrogen) atoms. The zero-order valence-electron chi connectivity index (χ0n) is 17.8. The van der Waals surface area contributed by atoms with E-state index >= 15 is 0 Å². The second-order valence-corrected chi connectivity index (χ2v) is 7.19. The van der Waals surface area contributed by atoms with Crippen LogP contribution in [0.1, 0.15) is 40.4 Å². The Balaban J connectivity index is 1.75. The van der Waals surface area contributed by atoms with Gasteiger partial charge < -0.3 is 15.4 Å². The number of amides is 1. The second-order valence-electron chi connectivity index (χ2n) is 7.19. The van der Waals surface area contributed by atoms with E-state index in [2.05, 4.69) is 22.5 Å². The van der Waals surface area contributed by atoms with E-state index in [0.717, 1.165) is 36.1 Å². The summed E-state index contributed by atoms with van der Waals surface area (Å²) in [5, 5.41) is 5.76. The number of alkyl halides is 3. The van der Waals surface area contributed by atoms with Crippen molar-refractivity contribution in [1.29, 1.82) is 0 Å². The van der Waals surface area contributed by atoms with Gasteiger partial charge in [-0.05, 0) is 48.4 Å². The number of para-hydroxylation sites is 1. The maximum Gasteiger partial charge on any atom is 0.416 e. The third-order valence-electron chi connectivity index (χ3n) is 4.80. The van der Waals surface area contributed by atoms with Crippen LogP contribution in [-0.4, -0.2) is 18.0 Å². The summed E-state index contributed by atoms with van der Waals surface area (Å²) in [6, 6.07) is 13.4. The molecule has 1 aromatic heterocycles. The number of hydrogen-bond acceptors (Lipinski definition) is 4. The number of anilines is 2. The number of nitrogens with one attached hydrogen (secondary N) is 2. The van der Waals surface area contributed by atoms with Gasteiger partial charge in [-0.25, -0.2) is 4.98 Å². The quantitative estimate of drug-likeness (QED) is 0.453. The Morgan fingerprint density at radius 2 is 1.88 bits per heavy atom. The predicted octanol–water partition coefficient (Wildman–Crippen LogP) is 5.93. The molecular weight excluding hydrogens is 419 g/mol. The van der Waals surface area contributed by atoms with Crippen molar-refractivity contribution >= 4 is 17.3 Å². The average Bonchev–Trinajstić information content (AvgIpc) is 2.78. The Hall–Kier alpha value is -3.55. The number of hydrogen-bond donors (Lipinski definition) is 2. The van der Waals surface area contributed by atoms with Crippen LogP contribution in [0, 0.1) is 0 Å². The first-order chi connectivity index (χ1) is 15.3. The maximum atomic E-state index is 12.9. The lowest BCUT2D eigenvalue weighted by Gasteiger charge is -2.14. The Morgan fingerprint density at radius 1 is 1.09 bits per heavy atom. The molecule has 1 heterocycles. The standard InChI is InChI=1S/C24H24F3N3O2/c1-3-7-17-12-16(15-29-23(17)32-2)14-28-21-11-5-4-10-20(21)22(31)30-19-9-6-8-18(13-19)24(25,26)27/h4-6,8-13,15,28H,3,7,14H2,1-2H3,(H,30,31). The van der Waals surface area contributed by atoms with Gasteiger partial charge in [0.25, 0.3) is 5.91 Å². The van der Waals surface area contributed by atoms with Crippen molar-refractivity contribution in [2.75, 3.05) is 17.7 Å². The van der Waals surface area contributed by atoms with Gasteiger partial charge in [0.05, 0.1) is 18.2 Å². The van der Waals surface area contributed by atoms with Gasteiger partial charge in [0.15, 0.2) is 0 Å². The first-order valence-corrected chi connectivity index (χ1v) is 10.1. The molecule has 0 unspecified atom stereocenters. The number of aromatic nitrogens is 1. The molecule has 5 nitrogen and oxygen atoms in total. The lowest BCUT2D eigenvalue weighted by atomic mass is 10.1. The molecule has 168 valence electrons. The van der Waals surface area contributed by atoms with Crippen LogP contribution < -0.4 is 15.4 Å². The van der Waals surface area contributed by atoms with Gasteiger partial charge in [0.2, 0.25) is 5.88 Å². The normalized spacial score (nSPS) is 11.2. The fourth-order valence-corrected chi connectivity index (χ4v) is 3.28. The second kappa shape index (κ2) is 10.2. The number of methoxy groups -OCH3 is 1.